The van der Waals surface area contributed by atoms with Gasteiger partial charge in [-0.2, -0.15) is 0 Å². The first kappa shape index (κ1) is 14.6. The number of piperidine rings is 1. The highest BCUT2D eigenvalue weighted by atomic mass is 16.2. The number of hydrogen-bond donors (Lipinski definition) is 1. The topological polar surface area (TPSA) is 51.3 Å². The summed E-state index contributed by atoms with van der Waals surface area (Å²) < 4.78 is 2.34. The van der Waals surface area contributed by atoms with Crippen LogP contribution in [0.5, 0.6) is 0 Å². The van der Waals surface area contributed by atoms with Crippen molar-refractivity contribution in [3.8, 4) is 0 Å². The van der Waals surface area contributed by atoms with Gasteiger partial charge in [-0.1, -0.05) is 6.92 Å². The van der Waals surface area contributed by atoms with Gasteiger partial charge in [0.25, 0.3) is 5.91 Å². The number of carbonyl (C=O) groups is 1. The largest absolute Gasteiger partial charge is 0.345 e. The van der Waals surface area contributed by atoms with E-state index in [9.17, 15) is 4.79 Å². The lowest BCUT2D eigenvalue weighted by Crippen LogP contribution is -2.49. The minimum atomic E-state index is 0.178. The fourth-order valence-corrected chi connectivity index (χ4v) is 3.79. The van der Waals surface area contributed by atoms with Gasteiger partial charge < -0.3 is 15.2 Å². The van der Waals surface area contributed by atoms with E-state index in [0.29, 0.717) is 18.5 Å². The van der Waals surface area contributed by atoms with Crippen LogP contribution in [-0.4, -0.2) is 34.5 Å². The summed E-state index contributed by atoms with van der Waals surface area (Å²) in [5.41, 5.74) is 9.14. The Morgan fingerprint density at radius 1 is 1.33 bits per heavy atom. The van der Waals surface area contributed by atoms with Crippen molar-refractivity contribution in [3.05, 3.63) is 23.0 Å². The van der Waals surface area contributed by atoms with E-state index in [1.807, 2.05) is 4.90 Å². The Bertz CT molecular complexity index is 544. The van der Waals surface area contributed by atoms with Crippen LogP contribution in [0.4, 0.5) is 0 Å². The van der Waals surface area contributed by atoms with Gasteiger partial charge in [0.05, 0.1) is 5.56 Å². The van der Waals surface area contributed by atoms with Gasteiger partial charge in [0, 0.05) is 36.6 Å². The number of nitrogens with two attached hydrogens (primary N) is 1. The van der Waals surface area contributed by atoms with Crippen molar-refractivity contribution in [2.24, 2.45) is 11.7 Å². The highest BCUT2D eigenvalue weighted by Gasteiger charge is 2.33. The van der Waals surface area contributed by atoms with E-state index in [1.54, 1.807) is 0 Å². The zero-order valence-electron chi connectivity index (χ0n) is 13.4. The van der Waals surface area contributed by atoms with Crippen molar-refractivity contribution in [2.45, 2.75) is 58.5 Å². The Hall–Kier alpha value is -1.29. The maximum atomic E-state index is 13.0. The molecule has 0 spiro atoms. The summed E-state index contributed by atoms with van der Waals surface area (Å²) in [4.78, 5) is 15.0. The molecule has 1 saturated carbocycles. The zero-order chi connectivity index (χ0) is 15.1. The Kier molecular flexibility index (Phi) is 3.82. The van der Waals surface area contributed by atoms with Gasteiger partial charge in [-0.25, -0.2) is 0 Å². The summed E-state index contributed by atoms with van der Waals surface area (Å²) in [7, 11) is 0. The SMILES string of the molecule is Cc1cc(C(=O)N2CCC(C)CC2CN)c(C)n1C1CC1. The first-order valence-corrected chi connectivity index (χ1v) is 8.22. The maximum absolute atomic E-state index is 13.0. The van der Waals surface area contributed by atoms with Crippen molar-refractivity contribution in [2.75, 3.05) is 13.1 Å². The molecular weight excluding hydrogens is 262 g/mol. The van der Waals surface area contributed by atoms with Gasteiger partial charge in [-0.05, 0) is 51.5 Å². The second-order valence-electron chi connectivity index (χ2n) is 6.90. The summed E-state index contributed by atoms with van der Waals surface area (Å²) in [5.74, 6) is 0.846. The fourth-order valence-electron chi connectivity index (χ4n) is 3.79. The average molecular weight is 289 g/mol. The molecule has 4 heteroatoms. The van der Waals surface area contributed by atoms with Crippen LogP contribution < -0.4 is 5.73 Å². The van der Waals surface area contributed by atoms with E-state index in [4.69, 9.17) is 5.73 Å². The van der Waals surface area contributed by atoms with Gasteiger partial charge in [-0.3, -0.25) is 4.79 Å². The molecule has 2 N–H and O–H groups in total. The molecule has 1 aliphatic carbocycles. The quantitative estimate of drug-likeness (QED) is 0.930. The van der Waals surface area contributed by atoms with Crippen LogP contribution in [0.3, 0.4) is 0 Å². The standard InChI is InChI=1S/C17H27N3O/c1-11-6-7-19(15(8-11)10-18)17(21)16-9-12(2)20(13(16)3)14-4-5-14/h9,11,14-15H,4-8,10,18H2,1-3H3. The molecular formula is C17H27N3O. The van der Waals surface area contributed by atoms with Crippen molar-refractivity contribution in [1.82, 2.24) is 9.47 Å². The number of amides is 1. The van der Waals surface area contributed by atoms with Crippen LogP contribution in [0.25, 0.3) is 0 Å². The summed E-state index contributed by atoms with van der Waals surface area (Å²) in [6.45, 7) is 7.86. The Morgan fingerprint density at radius 3 is 2.67 bits per heavy atom. The molecule has 1 aliphatic heterocycles. The lowest BCUT2D eigenvalue weighted by molar-refractivity contribution is 0.0573. The molecule has 0 bridgehead atoms. The Morgan fingerprint density at radius 2 is 2.05 bits per heavy atom. The molecule has 116 valence electrons. The monoisotopic (exact) mass is 289 g/mol. The van der Waals surface area contributed by atoms with Crippen LogP contribution in [-0.2, 0) is 0 Å². The Balaban J connectivity index is 1.86. The van der Waals surface area contributed by atoms with Gasteiger partial charge in [-0.15, -0.1) is 0 Å². The molecule has 2 fully saturated rings. The minimum Gasteiger partial charge on any atom is -0.345 e. The van der Waals surface area contributed by atoms with E-state index >= 15 is 0 Å². The van der Waals surface area contributed by atoms with Crippen molar-refractivity contribution < 1.29 is 4.79 Å². The molecule has 1 aromatic heterocycles. The molecule has 2 unspecified atom stereocenters. The van der Waals surface area contributed by atoms with E-state index in [-0.39, 0.29) is 11.9 Å². The number of aromatic nitrogens is 1. The first-order chi connectivity index (χ1) is 10.0. The van der Waals surface area contributed by atoms with Crippen molar-refractivity contribution in [3.63, 3.8) is 0 Å². The highest BCUT2D eigenvalue weighted by Crippen LogP contribution is 2.38. The summed E-state index contributed by atoms with van der Waals surface area (Å²) >= 11 is 0. The summed E-state index contributed by atoms with van der Waals surface area (Å²) in [6.07, 6.45) is 4.61. The van der Waals surface area contributed by atoms with Crippen LogP contribution in [0.1, 0.15) is 60.4 Å². The number of carbonyl (C=O) groups excluding carboxylic acids is 1. The third-order valence-corrected chi connectivity index (χ3v) is 5.14. The summed E-state index contributed by atoms with van der Waals surface area (Å²) in [5, 5.41) is 0. The zero-order valence-corrected chi connectivity index (χ0v) is 13.4. The van der Waals surface area contributed by atoms with Crippen LogP contribution in [0.15, 0.2) is 6.07 Å². The fraction of sp³-hybridized carbons (Fsp3) is 0.706. The molecule has 4 nitrogen and oxygen atoms in total. The van der Waals surface area contributed by atoms with Crippen LogP contribution in [0, 0.1) is 19.8 Å². The molecule has 0 aromatic carbocycles. The van der Waals surface area contributed by atoms with Crippen LogP contribution in [0.2, 0.25) is 0 Å². The molecule has 1 amide bonds. The normalized spacial score (nSPS) is 26.2. The van der Waals surface area contributed by atoms with Crippen molar-refractivity contribution in [1.29, 1.82) is 0 Å². The molecule has 1 aromatic rings. The lowest BCUT2D eigenvalue weighted by atomic mass is 9.92. The number of nitrogens with zero attached hydrogens (tertiary/aromatic N) is 2. The van der Waals surface area contributed by atoms with E-state index < -0.39 is 0 Å². The van der Waals surface area contributed by atoms with E-state index in [1.165, 1.54) is 18.5 Å². The second kappa shape index (κ2) is 5.48. The maximum Gasteiger partial charge on any atom is 0.255 e. The number of hydrogen-bond acceptors (Lipinski definition) is 2. The lowest BCUT2D eigenvalue weighted by Gasteiger charge is -2.38. The van der Waals surface area contributed by atoms with Gasteiger partial charge in [0.15, 0.2) is 0 Å². The highest BCUT2D eigenvalue weighted by molar-refractivity contribution is 5.96. The first-order valence-electron chi connectivity index (χ1n) is 8.22. The second-order valence-corrected chi connectivity index (χ2v) is 6.90. The molecule has 2 heterocycles. The molecule has 3 rings (SSSR count). The molecule has 21 heavy (non-hydrogen) atoms. The van der Waals surface area contributed by atoms with Gasteiger partial charge >= 0.3 is 0 Å². The minimum absolute atomic E-state index is 0.178. The molecule has 1 saturated heterocycles. The molecule has 0 radical (unpaired) electrons. The van der Waals surface area contributed by atoms with Gasteiger partial charge in [0.1, 0.15) is 0 Å². The van der Waals surface area contributed by atoms with E-state index in [0.717, 1.165) is 30.6 Å². The third kappa shape index (κ3) is 2.61. The predicted octanol–water partition coefficient (Wildman–Crippen LogP) is 2.64. The number of rotatable bonds is 3. The van der Waals surface area contributed by atoms with Crippen molar-refractivity contribution >= 4 is 5.91 Å². The molecule has 2 aliphatic rings. The summed E-state index contributed by atoms with van der Waals surface area (Å²) in [6, 6.07) is 2.89. The Labute approximate surface area is 127 Å². The van der Waals surface area contributed by atoms with E-state index in [2.05, 4.69) is 31.4 Å². The van der Waals surface area contributed by atoms with Crippen LogP contribution >= 0.6 is 0 Å². The number of likely N-dealkylation sites (tertiary alicyclic amines) is 1. The van der Waals surface area contributed by atoms with Gasteiger partial charge in [0.2, 0.25) is 0 Å². The predicted molar refractivity (Wildman–Crippen MR) is 84.5 cm³/mol. The third-order valence-electron chi connectivity index (χ3n) is 5.14. The smallest absolute Gasteiger partial charge is 0.255 e. The average Bonchev–Trinajstić information content (AvgIpc) is 3.24. The number of aryl methyl sites for hydroxylation is 1. The molecule has 2 atom stereocenters.